The number of amides is 1. The maximum absolute atomic E-state index is 11.8. The number of nitrogens with one attached hydrogen (secondary N) is 1. The van der Waals surface area contributed by atoms with Crippen LogP contribution in [0.2, 0.25) is 0 Å². The highest BCUT2D eigenvalue weighted by atomic mass is 32.1. The number of nitrogens with zero attached hydrogens (tertiary/aromatic N) is 1. The van der Waals surface area contributed by atoms with E-state index in [4.69, 9.17) is 4.74 Å². The third kappa shape index (κ3) is 3.45. The third-order valence-electron chi connectivity index (χ3n) is 2.54. The maximum atomic E-state index is 11.8. The first kappa shape index (κ1) is 14.3. The van der Waals surface area contributed by atoms with Gasteiger partial charge in [-0.1, -0.05) is 18.2 Å². The van der Waals surface area contributed by atoms with Gasteiger partial charge in [-0.3, -0.25) is 4.79 Å². The molecule has 1 aromatic heterocycles. The average Bonchev–Trinajstić information content (AvgIpc) is 2.95. The zero-order valence-electron chi connectivity index (χ0n) is 11.3. The zero-order chi connectivity index (χ0) is 14.4. The number of benzene rings is 1. The predicted octanol–water partition coefficient (Wildman–Crippen LogP) is 3.12. The molecule has 1 aromatic carbocycles. The number of hydrogen-bond donors (Lipinski definition) is 1. The molecule has 0 aliphatic rings. The third-order valence-corrected chi connectivity index (χ3v) is 3.43. The Morgan fingerprint density at radius 1 is 1.55 bits per heavy atom. The second kappa shape index (κ2) is 6.86. The van der Waals surface area contributed by atoms with Crippen molar-refractivity contribution in [1.29, 1.82) is 0 Å². The standard InChI is InChI=1S/C15H16N2O2S/c1-3-8-16-14(18)13-10-20-15(17-13)11-6-5-7-12(9-11)19-4-2/h3,5-7,9-10H,1,4,8H2,2H3,(H,16,18). The molecule has 0 atom stereocenters. The second-order valence-electron chi connectivity index (χ2n) is 4.00. The van der Waals surface area contributed by atoms with E-state index in [-0.39, 0.29) is 5.91 Å². The highest BCUT2D eigenvalue weighted by molar-refractivity contribution is 7.13. The summed E-state index contributed by atoms with van der Waals surface area (Å²) in [6.07, 6.45) is 1.64. The fourth-order valence-corrected chi connectivity index (χ4v) is 2.45. The van der Waals surface area contributed by atoms with Gasteiger partial charge in [-0.15, -0.1) is 17.9 Å². The Balaban J connectivity index is 2.17. The number of carbonyl (C=O) groups excluding carboxylic acids is 1. The highest BCUT2D eigenvalue weighted by Gasteiger charge is 2.11. The van der Waals surface area contributed by atoms with Crippen molar-refractivity contribution in [3.8, 4) is 16.3 Å². The molecule has 1 heterocycles. The van der Waals surface area contributed by atoms with Gasteiger partial charge in [0.2, 0.25) is 0 Å². The number of hydrogen-bond acceptors (Lipinski definition) is 4. The van der Waals surface area contributed by atoms with Gasteiger partial charge in [0.25, 0.3) is 5.91 Å². The molecule has 4 nitrogen and oxygen atoms in total. The van der Waals surface area contributed by atoms with E-state index in [1.807, 2.05) is 31.2 Å². The van der Waals surface area contributed by atoms with Crippen molar-refractivity contribution >= 4 is 17.2 Å². The molecule has 0 saturated heterocycles. The molecule has 0 bridgehead atoms. The van der Waals surface area contributed by atoms with Crippen LogP contribution in [0.1, 0.15) is 17.4 Å². The largest absolute Gasteiger partial charge is 0.494 e. The molecule has 0 unspecified atom stereocenters. The summed E-state index contributed by atoms with van der Waals surface area (Å²) < 4.78 is 5.46. The van der Waals surface area contributed by atoms with E-state index in [0.717, 1.165) is 16.3 Å². The Hall–Kier alpha value is -2.14. The maximum Gasteiger partial charge on any atom is 0.271 e. The van der Waals surface area contributed by atoms with Gasteiger partial charge >= 0.3 is 0 Å². The van der Waals surface area contributed by atoms with Gasteiger partial charge in [-0.25, -0.2) is 4.98 Å². The first-order chi connectivity index (χ1) is 9.74. The van der Waals surface area contributed by atoms with E-state index in [1.54, 1.807) is 11.5 Å². The Labute approximate surface area is 122 Å². The van der Waals surface area contributed by atoms with Crippen LogP contribution in [-0.4, -0.2) is 24.0 Å². The van der Waals surface area contributed by atoms with Gasteiger partial charge in [0.15, 0.2) is 0 Å². The van der Waals surface area contributed by atoms with E-state index in [1.165, 1.54) is 11.3 Å². The number of ether oxygens (including phenoxy) is 1. The molecule has 1 N–H and O–H groups in total. The quantitative estimate of drug-likeness (QED) is 0.831. The van der Waals surface area contributed by atoms with Gasteiger partial charge in [0, 0.05) is 17.5 Å². The first-order valence-electron chi connectivity index (χ1n) is 6.32. The molecule has 2 aromatic rings. The SMILES string of the molecule is C=CCNC(=O)c1csc(-c2cccc(OCC)c2)n1. The van der Waals surface area contributed by atoms with Crippen LogP contribution >= 0.6 is 11.3 Å². The van der Waals surface area contributed by atoms with Gasteiger partial charge in [-0.2, -0.15) is 0 Å². The van der Waals surface area contributed by atoms with Crippen molar-refractivity contribution < 1.29 is 9.53 Å². The Morgan fingerprint density at radius 2 is 2.40 bits per heavy atom. The van der Waals surface area contributed by atoms with Crippen molar-refractivity contribution in [2.45, 2.75) is 6.92 Å². The minimum atomic E-state index is -0.187. The molecule has 0 aliphatic heterocycles. The normalized spacial score (nSPS) is 10.1. The molecule has 0 spiro atoms. The molecule has 0 radical (unpaired) electrons. The van der Waals surface area contributed by atoms with E-state index in [2.05, 4.69) is 16.9 Å². The summed E-state index contributed by atoms with van der Waals surface area (Å²) in [5, 5.41) is 5.26. The van der Waals surface area contributed by atoms with Crippen LogP contribution in [0.5, 0.6) is 5.75 Å². The smallest absolute Gasteiger partial charge is 0.271 e. The summed E-state index contributed by atoms with van der Waals surface area (Å²) in [6, 6.07) is 7.69. The van der Waals surface area contributed by atoms with Crippen LogP contribution in [0, 0.1) is 0 Å². The fourth-order valence-electron chi connectivity index (χ4n) is 1.65. The van der Waals surface area contributed by atoms with E-state index >= 15 is 0 Å². The van der Waals surface area contributed by atoms with Gasteiger partial charge in [-0.05, 0) is 19.1 Å². The number of carbonyl (C=O) groups is 1. The number of thiazole rings is 1. The molecule has 0 saturated carbocycles. The van der Waals surface area contributed by atoms with Crippen LogP contribution in [0.4, 0.5) is 0 Å². The van der Waals surface area contributed by atoms with Gasteiger partial charge < -0.3 is 10.1 Å². The lowest BCUT2D eigenvalue weighted by Crippen LogP contribution is -2.23. The summed E-state index contributed by atoms with van der Waals surface area (Å²) in [6.45, 7) is 6.56. The van der Waals surface area contributed by atoms with E-state index in [0.29, 0.717) is 18.8 Å². The fraction of sp³-hybridized carbons (Fsp3) is 0.200. The first-order valence-corrected chi connectivity index (χ1v) is 7.20. The monoisotopic (exact) mass is 288 g/mol. The minimum absolute atomic E-state index is 0.187. The van der Waals surface area contributed by atoms with Crippen LogP contribution in [0.3, 0.4) is 0 Å². The molecule has 5 heteroatoms. The lowest BCUT2D eigenvalue weighted by molar-refractivity contribution is 0.0954. The highest BCUT2D eigenvalue weighted by Crippen LogP contribution is 2.26. The predicted molar refractivity (Wildman–Crippen MR) is 81.2 cm³/mol. The molecular formula is C15H16N2O2S. The van der Waals surface area contributed by atoms with Crippen LogP contribution in [-0.2, 0) is 0 Å². The molecule has 104 valence electrons. The van der Waals surface area contributed by atoms with Crippen molar-refractivity contribution in [2.24, 2.45) is 0 Å². The zero-order valence-corrected chi connectivity index (χ0v) is 12.1. The Morgan fingerprint density at radius 3 is 3.15 bits per heavy atom. The van der Waals surface area contributed by atoms with Crippen molar-refractivity contribution in [2.75, 3.05) is 13.2 Å². The van der Waals surface area contributed by atoms with Crippen molar-refractivity contribution in [1.82, 2.24) is 10.3 Å². The Kier molecular flexibility index (Phi) is 4.90. The van der Waals surface area contributed by atoms with Crippen molar-refractivity contribution in [3.63, 3.8) is 0 Å². The summed E-state index contributed by atoms with van der Waals surface area (Å²) in [7, 11) is 0. The molecule has 0 fully saturated rings. The van der Waals surface area contributed by atoms with Crippen LogP contribution in [0.25, 0.3) is 10.6 Å². The molecular weight excluding hydrogens is 272 g/mol. The summed E-state index contributed by atoms with van der Waals surface area (Å²) in [5.41, 5.74) is 1.37. The molecule has 20 heavy (non-hydrogen) atoms. The lowest BCUT2D eigenvalue weighted by atomic mass is 10.2. The Bertz CT molecular complexity index is 607. The van der Waals surface area contributed by atoms with Crippen LogP contribution in [0.15, 0.2) is 42.3 Å². The lowest BCUT2D eigenvalue weighted by Gasteiger charge is -2.03. The number of rotatable bonds is 6. The van der Waals surface area contributed by atoms with Gasteiger partial charge in [0.1, 0.15) is 16.5 Å². The average molecular weight is 288 g/mol. The molecule has 2 rings (SSSR count). The summed E-state index contributed by atoms with van der Waals surface area (Å²) in [4.78, 5) is 16.1. The molecule has 1 amide bonds. The minimum Gasteiger partial charge on any atom is -0.494 e. The molecule has 0 aliphatic carbocycles. The summed E-state index contributed by atoms with van der Waals surface area (Å²) >= 11 is 1.44. The number of aromatic nitrogens is 1. The van der Waals surface area contributed by atoms with E-state index < -0.39 is 0 Å². The second-order valence-corrected chi connectivity index (χ2v) is 4.86. The topological polar surface area (TPSA) is 51.2 Å². The van der Waals surface area contributed by atoms with E-state index in [9.17, 15) is 4.79 Å². The van der Waals surface area contributed by atoms with Crippen molar-refractivity contribution in [3.05, 3.63) is 48.0 Å². The summed E-state index contributed by atoms with van der Waals surface area (Å²) in [5.74, 6) is 0.617. The van der Waals surface area contributed by atoms with Crippen LogP contribution < -0.4 is 10.1 Å². The van der Waals surface area contributed by atoms with Gasteiger partial charge in [0.05, 0.1) is 6.61 Å².